The lowest BCUT2D eigenvalue weighted by atomic mass is 9.78. The van der Waals surface area contributed by atoms with Gasteiger partial charge >= 0.3 is 5.97 Å². The first-order valence-electron chi connectivity index (χ1n) is 10.9. The highest BCUT2D eigenvalue weighted by atomic mass is 16.6. The van der Waals surface area contributed by atoms with Gasteiger partial charge in [-0.05, 0) is 48.1 Å². The molecule has 6 rings (SSSR count). The van der Waals surface area contributed by atoms with Gasteiger partial charge < -0.3 is 9.84 Å². The van der Waals surface area contributed by atoms with Gasteiger partial charge in [-0.25, -0.2) is 4.79 Å². The fourth-order valence-corrected chi connectivity index (χ4v) is 5.98. The zero-order chi connectivity index (χ0) is 21.4. The SMILES string of the molecule is Cc1ccc2c(O)c3c(cc2c1)C1(OC(=O)c2cccc4ccccc24)CCC3(C)C1. The highest BCUT2D eigenvalue weighted by Crippen LogP contribution is 2.64. The number of fused-ring (bicyclic) bond motifs is 7. The number of phenolic OH excluding ortho intramolecular Hbond substituents is 1. The van der Waals surface area contributed by atoms with Crippen molar-refractivity contribution in [2.24, 2.45) is 0 Å². The van der Waals surface area contributed by atoms with E-state index in [9.17, 15) is 9.90 Å². The van der Waals surface area contributed by atoms with E-state index in [0.29, 0.717) is 17.7 Å². The molecule has 1 saturated carbocycles. The Morgan fingerprint density at radius 1 is 0.935 bits per heavy atom. The summed E-state index contributed by atoms with van der Waals surface area (Å²) < 4.78 is 6.36. The zero-order valence-corrected chi connectivity index (χ0v) is 17.7. The summed E-state index contributed by atoms with van der Waals surface area (Å²) in [6.07, 6.45) is 2.40. The molecule has 0 radical (unpaired) electrons. The molecule has 2 bridgehead atoms. The van der Waals surface area contributed by atoms with Crippen LogP contribution in [0, 0.1) is 6.92 Å². The molecule has 0 aliphatic heterocycles. The minimum absolute atomic E-state index is 0.183. The summed E-state index contributed by atoms with van der Waals surface area (Å²) in [6, 6.07) is 21.9. The Morgan fingerprint density at radius 3 is 2.61 bits per heavy atom. The predicted octanol–water partition coefficient (Wildman–Crippen LogP) is 6.51. The summed E-state index contributed by atoms with van der Waals surface area (Å²) in [5, 5.41) is 15.0. The second kappa shape index (κ2) is 6.10. The van der Waals surface area contributed by atoms with Gasteiger partial charge in [0.2, 0.25) is 0 Å². The highest BCUT2D eigenvalue weighted by molar-refractivity contribution is 6.04. The van der Waals surface area contributed by atoms with E-state index in [0.717, 1.165) is 51.1 Å². The molecule has 4 aromatic rings. The quantitative estimate of drug-likeness (QED) is 0.384. The molecule has 4 aromatic carbocycles. The van der Waals surface area contributed by atoms with Crippen LogP contribution in [0.4, 0.5) is 0 Å². The third-order valence-electron chi connectivity index (χ3n) is 7.42. The Labute approximate surface area is 181 Å². The topological polar surface area (TPSA) is 46.5 Å². The summed E-state index contributed by atoms with van der Waals surface area (Å²) in [4.78, 5) is 13.4. The molecular formula is C28H24O3. The Hall–Kier alpha value is -3.33. The van der Waals surface area contributed by atoms with Crippen LogP contribution in [0.15, 0.2) is 66.7 Å². The van der Waals surface area contributed by atoms with Crippen molar-refractivity contribution in [2.45, 2.75) is 44.1 Å². The number of esters is 1. The molecule has 154 valence electrons. The third kappa shape index (κ3) is 2.49. The number of ether oxygens (including phenoxy) is 1. The van der Waals surface area contributed by atoms with Gasteiger partial charge in [0.15, 0.2) is 0 Å². The molecule has 2 aliphatic rings. The lowest BCUT2D eigenvalue weighted by Crippen LogP contribution is -2.28. The smallest absolute Gasteiger partial charge is 0.339 e. The molecular weight excluding hydrogens is 384 g/mol. The van der Waals surface area contributed by atoms with Gasteiger partial charge in [-0.3, -0.25) is 0 Å². The number of carbonyl (C=O) groups excluding carboxylic acids is 1. The van der Waals surface area contributed by atoms with E-state index in [1.165, 1.54) is 0 Å². The van der Waals surface area contributed by atoms with Crippen molar-refractivity contribution in [2.75, 3.05) is 0 Å². The van der Waals surface area contributed by atoms with Crippen LogP contribution < -0.4 is 0 Å². The van der Waals surface area contributed by atoms with Crippen molar-refractivity contribution < 1.29 is 14.6 Å². The minimum Gasteiger partial charge on any atom is -0.507 e. The van der Waals surface area contributed by atoms with Crippen LogP contribution in [0.1, 0.15) is 53.2 Å². The number of carbonyl (C=O) groups is 1. The summed E-state index contributed by atoms with van der Waals surface area (Å²) in [7, 11) is 0. The predicted molar refractivity (Wildman–Crippen MR) is 123 cm³/mol. The third-order valence-corrected chi connectivity index (χ3v) is 7.42. The Morgan fingerprint density at radius 2 is 1.74 bits per heavy atom. The normalized spacial score (nSPS) is 23.9. The summed E-state index contributed by atoms with van der Waals surface area (Å²) in [5.74, 6) is 0.0514. The summed E-state index contributed by atoms with van der Waals surface area (Å²) in [6.45, 7) is 4.24. The lowest BCUT2D eigenvalue weighted by molar-refractivity contribution is -0.0163. The summed E-state index contributed by atoms with van der Waals surface area (Å²) in [5.41, 5.74) is 2.80. The first-order valence-corrected chi connectivity index (χ1v) is 10.9. The average molecular weight is 408 g/mol. The Balaban J connectivity index is 1.50. The van der Waals surface area contributed by atoms with Crippen molar-refractivity contribution in [1.82, 2.24) is 0 Å². The van der Waals surface area contributed by atoms with Gasteiger partial charge in [-0.15, -0.1) is 0 Å². The molecule has 2 atom stereocenters. The van der Waals surface area contributed by atoms with E-state index >= 15 is 0 Å². The van der Waals surface area contributed by atoms with E-state index < -0.39 is 5.60 Å². The number of rotatable bonds is 2. The monoisotopic (exact) mass is 408 g/mol. The maximum Gasteiger partial charge on any atom is 0.339 e. The fraction of sp³-hybridized carbons (Fsp3) is 0.250. The summed E-state index contributed by atoms with van der Waals surface area (Å²) >= 11 is 0. The van der Waals surface area contributed by atoms with E-state index in [1.54, 1.807) is 0 Å². The van der Waals surface area contributed by atoms with Crippen molar-refractivity contribution in [3.63, 3.8) is 0 Å². The molecule has 0 spiro atoms. The first-order chi connectivity index (χ1) is 14.9. The maximum absolute atomic E-state index is 13.4. The van der Waals surface area contributed by atoms with Crippen molar-refractivity contribution in [3.05, 3.63) is 89.0 Å². The number of aromatic hydroxyl groups is 1. The molecule has 1 fully saturated rings. The largest absolute Gasteiger partial charge is 0.507 e. The molecule has 3 heteroatoms. The lowest BCUT2D eigenvalue weighted by Gasteiger charge is -2.31. The number of hydrogen-bond donors (Lipinski definition) is 1. The molecule has 0 aromatic heterocycles. The second-order valence-electron chi connectivity index (χ2n) is 9.52. The zero-order valence-electron chi connectivity index (χ0n) is 17.7. The molecule has 2 unspecified atom stereocenters. The van der Waals surface area contributed by atoms with E-state index in [-0.39, 0.29) is 11.4 Å². The van der Waals surface area contributed by atoms with Crippen LogP contribution in [0.2, 0.25) is 0 Å². The maximum atomic E-state index is 13.4. The Bertz CT molecular complexity index is 1400. The van der Waals surface area contributed by atoms with Gasteiger partial charge in [-0.2, -0.15) is 0 Å². The standard InChI is InChI=1S/C28H24O3/c1-17-10-11-21-19(14-17)15-23-24(25(21)29)27(2)12-13-28(23,16-27)31-26(30)22-9-5-7-18-6-3-4-8-20(18)22/h3-11,14-15,29H,12-13,16H2,1-2H3. The van der Waals surface area contributed by atoms with Gasteiger partial charge in [0.1, 0.15) is 11.4 Å². The van der Waals surface area contributed by atoms with Crippen molar-refractivity contribution in [3.8, 4) is 5.75 Å². The molecule has 0 heterocycles. The fourth-order valence-electron chi connectivity index (χ4n) is 5.98. The van der Waals surface area contributed by atoms with Gasteiger partial charge in [0.25, 0.3) is 0 Å². The van der Waals surface area contributed by atoms with Gasteiger partial charge in [0, 0.05) is 28.3 Å². The van der Waals surface area contributed by atoms with E-state index in [2.05, 4.69) is 19.1 Å². The molecule has 3 nitrogen and oxygen atoms in total. The van der Waals surface area contributed by atoms with Crippen molar-refractivity contribution in [1.29, 1.82) is 0 Å². The molecule has 0 saturated heterocycles. The van der Waals surface area contributed by atoms with Gasteiger partial charge in [0.05, 0.1) is 5.56 Å². The van der Waals surface area contributed by atoms with Crippen LogP contribution in [0.3, 0.4) is 0 Å². The van der Waals surface area contributed by atoms with Crippen LogP contribution >= 0.6 is 0 Å². The number of hydrogen-bond acceptors (Lipinski definition) is 3. The average Bonchev–Trinajstić information content (AvgIpc) is 3.22. The highest BCUT2D eigenvalue weighted by Gasteiger charge is 2.59. The number of benzene rings is 4. The first kappa shape index (κ1) is 18.4. The number of aryl methyl sites for hydroxylation is 1. The Kier molecular flexibility index (Phi) is 3.63. The van der Waals surface area contributed by atoms with Gasteiger partial charge in [-0.1, -0.05) is 67.1 Å². The molecule has 1 N–H and O–H groups in total. The second-order valence-corrected chi connectivity index (χ2v) is 9.52. The van der Waals surface area contributed by atoms with Crippen LogP contribution in [0.25, 0.3) is 21.5 Å². The molecule has 2 aliphatic carbocycles. The molecule has 0 amide bonds. The number of phenols is 1. The van der Waals surface area contributed by atoms with Crippen LogP contribution in [0.5, 0.6) is 5.75 Å². The molecule has 31 heavy (non-hydrogen) atoms. The van der Waals surface area contributed by atoms with E-state index in [4.69, 9.17) is 4.74 Å². The van der Waals surface area contributed by atoms with E-state index in [1.807, 2.05) is 61.5 Å². The minimum atomic E-state index is -0.687. The van der Waals surface area contributed by atoms with Crippen LogP contribution in [-0.2, 0) is 15.8 Å². The van der Waals surface area contributed by atoms with Crippen molar-refractivity contribution >= 4 is 27.5 Å². The van der Waals surface area contributed by atoms with Crippen LogP contribution in [-0.4, -0.2) is 11.1 Å².